The quantitative estimate of drug-likeness (QED) is 0.390. The number of para-hydroxylation sites is 1. The topological polar surface area (TPSA) is 118 Å². The smallest absolute Gasteiger partial charge is 0.256 e. The normalized spacial score (nSPS) is 25.5. The molecule has 3 aromatic rings. The van der Waals surface area contributed by atoms with E-state index < -0.39 is 17.5 Å². The lowest BCUT2D eigenvalue weighted by molar-refractivity contribution is -0.534. The first kappa shape index (κ1) is 23.9. The molecule has 3 aliphatic heterocycles. The molecule has 0 saturated carbocycles. The Kier molecular flexibility index (Phi) is 5.77. The van der Waals surface area contributed by atoms with Crippen LogP contribution in [0.1, 0.15) is 41.0 Å². The summed E-state index contributed by atoms with van der Waals surface area (Å²) in [6.07, 6.45) is 1.62. The van der Waals surface area contributed by atoms with Gasteiger partial charge in [-0.3, -0.25) is 19.8 Å². The van der Waals surface area contributed by atoms with E-state index >= 15 is 0 Å². The molecule has 38 heavy (non-hydrogen) atoms. The maximum atomic E-state index is 13.6. The average molecular weight is 511 g/mol. The molecule has 0 bridgehead atoms. The fraction of sp³-hybridized carbons (Fsp3) is 0.310. The Bertz CT molecular complexity index is 1480. The van der Waals surface area contributed by atoms with Gasteiger partial charge in [-0.25, -0.2) is 0 Å². The number of carbonyl (C=O) groups is 1. The van der Waals surface area contributed by atoms with E-state index in [1.54, 1.807) is 30.3 Å². The summed E-state index contributed by atoms with van der Waals surface area (Å²) < 4.78 is 11.6. The second-order valence-corrected chi connectivity index (χ2v) is 9.89. The molecule has 0 unspecified atom stereocenters. The summed E-state index contributed by atoms with van der Waals surface area (Å²) in [7, 11) is 1.53. The van der Waals surface area contributed by atoms with Crippen LogP contribution in [0.4, 0.5) is 5.69 Å². The van der Waals surface area contributed by atoms with Gasteiger partial charge in [0.1, 0.15) is 6.61 Å². The lowest BCUT2D eigenvalue weighted by Crippen LogP contribution is -2.55. The van der Waals surface area contributed by atoms with Gasteiger partial charge in [-0.1, -0.05) is 42.5 Å². The summed E-state index contributed by atoms with van der Waals surface area (Å²) in [6.45, 7) is 0.792. The zero-order valence-electron chi connectivity index (χ0n) is 20.8. The van der Waals surface area contributed by atoms with E-state index in [4.69, 9.17) is 9.47 Å². The predicted octanol–water partition coefficient (Wildman–Crippen LogP) is 4.20. The Morgan fingerprint density at radius 3 is 2.74 bits per heavy atom. The fourth-order valence-electron chi connectivity index (χ4n) is 6.70. The first-order valence-corrected chi connectivity index (χ1v) is 12.6. The number of nitro groups is 1. The van der Waals surface area contributed by atoms with E-state index in [0.717, 1.165) is 24.0 Å². The van der Waals surface area contributed by atoms with Gasteiger partial charge in [-0.15, -0.1) is 0 Å². The lowest BCUT2D eigenvalue weighted by atomic mass is 9.77. The summed E-state index contributed by atoms with van der Waals surface area (Å²) >= 11 is 0. The van der Waals surface area contributed by atoms with Crippen molar-refractivity contribution in [3.63, 3.8) is 0 Å². The van der Waals surface area contributed by atoms with Crippen molar-refractivity contribution in [3.05, 3.63) is 99.1 Å². The third kappa shape index (κ3) is 3.37. The van der Waals surface area contributed by atoms with Crippen LogP contribution in [-0.2, 0) is 16.9 Å². The fourth-order valence-corrected chi connectivity index (χ4v) is 6.70. The van der Waals surface area contributed by atoms with E-state index in [1.807, 2.05) is 36.4 Å². The number of amides is 1. The number of hydrogen-bond donors (Lipinski definition) is 1. The lowest BCUT2D eigenvalue weighted by Gasteiger charge is -2.32. The van der Waals surface area contributed by atoms with Crippen molar-refractivity contribution in [2.45, 2.75) is 43.0 Å². The molecule has 3 heterocycles. The summed E-state index contributed by atoms with van der Waals surface area (Å²) in [6, 6.07) is 20.7. The van der Waals surface area contributed by atoms with Crippen LogP contribution in [0.5, 0.6) is 11.5 Å². The van der Waals surface area contributed by atoms with Gasteiger partial charge in [0.05, 0.1) is 24.7 Å². The van der Waals surface area contributed by atoms with Gasteiger partial charge in [0.15, 0.2) is 17.0 Å². The average Bonchev–Trinajstić information content (AvgIpc) is 3.60. The van der Waals surface area contributed by atoms with Gasteiger partial charge < -0.3 is 14.8 Å². The largest absolute Gasteiger partial charge is 0.493 e. The van der Waals surface area contributed by atoms with Crippen LogP contribution in [-0.4, -0.2) is 41.5 Å². The van der Waals surface area contributed by atoms with Gasteiger partial charge >= 0.3 is 0 Å². The molecular formula is C29H26N4O5. The highest BCUT2D eigenvalue weighted by atomic mass is 16.6. The standard InChI is InChI=1S/C29H26N4O5/c1-37-25-15-18(12-13-24(25)38-17-20-8-3-2-7-19(20)16-30)26-23-11-6-14-32(23)29(27(26)33(35)36)21-9-4-5-10-22(21)31-28(29)34/h2-5,7-10,12-13,15,23,26-27H,6,11,14,17H2,1H3,(H,31,34)/t23-,26+,27-,29+/m0/s1. The number of rotatable bonds is 6. The molecule has 4 atom stereocenters. The summed E-state index contributed by atoms with van der Waals surface area (Å²) in [5.41, 5.74) is 1.96. The van der Waals surface area contributed by atoms with Gasteiger partial charge in [0.2, 0.25) is 0 Å². The molecule has 192 valence electrons. The van der Waals surface area contributed by atoms with Gasteiger partial charge in [0.25, 0.3) is 11.9 Å². The van der Waals surface area contributed by atoms with E-state index in [9.17, 15) is 20.2 Å². The molecule has 3 aromatic carbocycles. The van der Waals surface area contributed by atoms with Crippen molar-refractivity contribution >= 4 is 11.6 Å². The van der Waals surface area contributed by atoms with E-state index in [2.05, 4.69) is 16.3 Å². The van der Waals surface area contributed by atoms with Crippen molar-refractivity contribution in [2.24, 2.45) is 0 Å². The molecule has 0 radical (unpaired) electrons. The van der Waals surface area contributed by atoms with Gasteiger partial charge in [0, 0.05) is 34.3 Å². The second-order valence-electron chi connectivity index (χ2n) is 9.89. The SMILES string of the molecule is COc1cc([C@H]2[C@H]([N+](=O)[O-])[C@]3(C(=O)Nc4ccccc43)N3CCC[C@@H]23)ccc1OCc1ccccc1C#N. The number of nitriles is 1. The minimum atomic E-state index is -1.37. The molecule has 1 amide bonds. The van der Waals surface area contributed by atoms with Crippen LogP contribution in [0.25, 0.3) is 0 Å². The molecule has 2 fully saturated rings. The number of carbonyl (C=O) groups excluding carboxylic acids is 1. The van der Waals surface area contributed by atoms with E-state index in [1.165, 1.54) is 7.11 Å². The number of methoxy groups -OCH3 is 1. The van der Waals surface area contributed by atoms with E-state index in [-0.39, 0.29) is 23.5 Å². The predicted molar refractivity (Wildman–Crippen MR) is 138 cm³/mol. The van der Waals surface area contributed by atoms with Crippen LogP contribution >= 0.6 is 0 Å². The summed E-state index contributed by atoms with van der Waals surface area (Å²) in [4.78, 5) is 28.2. The minimum Gasteiger partial charge on any atom is -0.493 e. The summed E-state index contributed by atoms with van der Waals surface area (Å²) in [5.74, 6) is 0.0620. The maximum absolute atomic E-state index is 13.6. The number of hydrogen-bond acceptors (Lipinski definition) is 7. The molecule has 6 rings (SSSR count). The van der Waals surface area contributed by atoms with Crippen LogP contribution in [0.15, 0.2) is 66.7 Å². The van der Waals surface area contributed by atoms with E-state index in [0.29, 0.717) is 34.9 Å². The van der Waals surface area contributed by atoms with Crippen molar-refractivity contribution in [1.82, 2.24) is 4.90 Å². The zero-order chi connectivity index (χ0) is 26.4. The molecule has 9 heteroatoms. The van der Waals surface area contributed by atoms with Crippen molar-refractivity contribution < 1.29 is 19.2 Å². The number of nitrogens with one attached hydrogen (secondary N) is 1. The van der Waals surface area contributed by atoms with Gasteiger partial charge in [-0.2, -0.15) is 5.26 Å². The Labute approximate surface area is 219 Å². The van der Waals surface area contributed by atoms with Crippen molar-refractivity contribution in [2.75, 3.05) is 19.0 Å². The highest BCUT2D eigenvalue weighted by Gasteiger charge is 2.73. The minimum absolute atomic E-state index is 0.165. The van der Waals surface area contributed by atoms with Crippen molar-refractivity contribution in [1.29, 1.82) is 5.26 Å². The molecule has 0 aliphatic carbocycles. The van der Waals surface area contributed by atoms with Crippen molar-refractivity contribution in [3.8, 4) is 17.6 Å². The Balaban J connectivity index is 1.40. The first-order chi connectivity index (χ1) is 18.5. The number of ether oxygens (including phenoxy) is 2. The third-order valence-corrected chi connectivity index (χ3v) is 8.19. The highest BCUT2D eigenvalue weighted by Crippen LogP contribution is 2.58. The van der Waals surface area contributed by atoms with Gasteiger partial charge in [-0.05, 0) is 42.7 Å². The first-order valence-electron chi connectivity index (χ1n) is 12.6. The van der Waals surface area contributed by atoms with Crippen LogP contribution < -0.4 is 14.8 Å². The molecule has 2 saturated heterocycles. The van der Waals surface area contributed by atoms with Crippen LogP contribution in [0.3, 0.4) is 0 Å². The summed E-state index contributed by atoms with van der Waals surface area (Å²) in [5, 5.41) is 25.1. The number of anilines is 1. The molecule has 9 nitrogen and oxygen atoms in total. The number of nitrogens with zero attached hydrogens (tertiary/aromatic N) is 3. The molecule has 1 spiro atoms. The molecule has 0 aromatic heterocycles. The van der Waals surface area contributed by atoms with Crippen LogP contribution in [0.2, 0.25) is 0 Å². The zero-order valence-corrected chi connectivity index (χ0v) is 20.8. The maximum Gasteiger partial charge on any atom is 0.256 e. The molecular weight excluding hydrogens is 484 g/mol. The molecule has 1 N–H and O–H groups in total. The monoisotopic (exact) mass is 510 g/mol. The Morgan fingerprint density at radius 2 is 1.95 bits per heavy atom. The molecule has 3 aliphatic rings. The second kappa shape index (κ2) is 9.15. The third-order valence-electron chi connectivity index (χ3n) is 8.19. The highest BCUT2D eigenvalue weighted by molar-refractivity contribution is 6.07. The van der Waals surface area contributed by atoms with Crippen LogP contribution in [0, 0.1) is 21.4 Å². The number of benzene rings is 3. The number of fused-ring (bicyclic) bond motifs is 4. The Morgan fingerprint density at radius 1 is 1.16 bits per heavy atom. The Hall–Kier alpha value is -4.42.